The number of hydrogen-bond donors (Lipinski definition) is 1. The van der Waals surface area contributed by atoms with Gasteiger partial charge in [0.1, 0.15) is 6.04 Å². The monoisotopic (exact) mass is 249 g/mol. The summed E-state index contributed by atoms with van der Waals surface area (Å²) in [6.45, 7) is 0. The predicted molar refractivity (Wildman–Crippen MR) is 62.2 cm³/mol. The van der Waals surface area contributed by atoms with Crippen LogP contribution in [-0.4, -0.2) is 19.1 Å². The summed E-state index contributed by atoms with van der Waals surface area (Å²) in [5, 5.41) is 0. The summed E-state index contributed by atoms with van der Waals surface area (Å²) < 4.78 is 4.59. The zero-order valence-corrected chi connectivity index (χ0v) is 9.85. The molecule has 0 unspecified atom stereocenters. The molecule has 15 heavy (non-hydrogen) atoms. The van der Waals surface area contributed by atoms with Crippen molar-refractivity contribution in [3.8, 4) is 0 Å². The van der Waals surface area contributed by atoms with Crippen LogP contribution in [0.15, 0.2) is 30.3 Å². The lowest BCUT2D eigenvalue weighted by Gasteiger charge is -2.11. The fraction of sp³-hybridized carbons (Fsp3) is 0.300. The summed E-state index contributed by atoms with van der Waals surface area (Å²) in [6, 6.07) is 9.12. The molecule has 3 nitrogen and oxygen atoms in total. The molecule has 0 aliphatic heterocycles. The van der Waals surface area contributed by atoms with Gasteiger partial charge in [0.2, 0.25) is 0 Å². The second-order valence-corrected chi connectivity index (χ2v) is 3.09. The molecule has 1 aromatic carbocycles. The number of carbonyl (C=O) groups is 1. The van der Waals surface area contributed by atoms with Gasteiger partial charge < -0.3 is 4.74 Å². The quantitative estimate of drug-likeness (QED) is 0.655. The number of rotatable bonds is 4. The van der Waals surface area contributed by atoms with Crippen LogP contribution in [0.25, 0.3) is 0 Å². The number of benzene rings is 1. The number of hydrogen-bond acceptors (Lipinski definition) is 3. The van der Waals surface area contributed by atoms with Crippen molar-refractivity contribution < 1.29 is 9.53 Å². The number of esters is 1. The highest BCUT2D eigenvalue weighted by Crippen LogP contribution is 2.04. The van der Waals surface area contributed by atoms with E-state index < -0.39 is 6.04 Å². The van der Waals surface area contributed by atoms with E-state index in [1.807, 2.05) is 30.3 Å². The number of carbonyl (C=O) groups excluding carboxylic acids is 1. The Bertz CT molecular complexity index is 293. The van der Waals surface area contributed by atoms with Gasteiger partial charge in [-0.2, -0.15) is 0 Å². The molecule has 0 bridgehead atoms. The molecule has 0 aliphatic carbocycles. The number of methoxy groups -OCH3 is 1. The van der Waals surface area contributed by atoms with Crippen molar-refractivity contribution in [3.05, 3.63) is 35.9 Å². The molecule has 1 rings (SSSR count). The van der Waals surface area contributed by atoms with Gasteiger partial charge >= 0.3 is 5.97 Å². The molecule has 0 amide bonds. The van der Waals surface area contributed by atoms with Crippen molar-refractivity contribution in [1.29, 1.82) is 0 Å². The van der Waals surface area contributed by atoms with Crippen molar-refractivity contribution in [2.45, 2.75) is 12.5 Å². The first kappa shape index (κ1) is 14.2. The van der Waals surface area contributed by atoms with E-state index in [1.54, 1.807) is 0 Å². The van der Waals surface area contributed by atoms with Crippen molar-refractivity contribution in [3.63, 3.8) is 0 Å². The van der Waals surface area contributed by atoms with Crippen LogP contribution in [0.5, 0.6) is 0 Å². The average Bonchev–Trinajstić information content (AvgIpc) is 2.26. The predicted octanol–water partition coefficient (Wildman–Crippen LogP) is 1.94. The van der Waals surface area contributed by atoms with Crippen LogP contribution in [-0.2, 0) is 16.0 Å². The van der Waals surface area contributed by atoms with Crippen LogP contribution in [0.4, 0.5) is 0 Å². The molecule has 0 saturated heterocycles. The first-order valence-electron chi connectivity index (χ1n) is 4.26. The topological polar surface area (TPSA) is 38.3 Å². The summed E-state index contributed by atoms with van der Waals surface area (Å²) >= 11 is 5.44. The maximum Gasteiger partial charge on any atom is 0.324 e. The standard InChI is InChI=1S/C10H12ClNO2.ClH/c1-14-10(13)9(12-11)7-8-5-3-2-4-6-8;/h2-6,9,12H,7H2,1H3;1H/t9-;/m0./s1. The molecule has 0 fully saturated rings. The lowest BCUT2D eigenvalue weighted by molar-refractivity contribution is -0.142. The first-order chi connectivity index (χ1) is 6.77. The Morgan fingerprint density at radius 1 is 1.47 bits per heavy atom. The Hall–Kier alpha value is -0.770. The van der Waals surface area contributed by atoms with Gasteiger partial charge in [0.25, 0.3) is 0 Å². The van der Waals surface area contributed by atoms with Crippen molar-refractivity contribution in [1.82, 2.24) is 4.84 Å². The Morgan fingerprint density at radius 2 is 2.07 bits per heavy atom. The van der Waals surface area contributed by atoms with E-state index in [1.165, 1.54) is 7.11 Å². The Balaban J connectivity index is 0.00000196. The molecular weight excluding hydrogens is 237 g/mol. The largest absolute Gasteiger partial charge is 0.468 e. The number of ether oxygens (including phenoxy) is 1. The van der Waals surface area contributed by atoms with Crippen molar-refractivity contribution in [2.75, 3.05) is 7.11 Å². The molecule has 1 N–H and O–H groups in total. The second-order valence-electron chi connectivity index (χ2n) is 2.87. The van der Waals surface area contributed by atoms with E-state index in [-0.39, 0.29) is 18.4 Å². The maximum atomic E-state index is 11.2. The van der Waals surface area contributed by atoms with Crippen molar-refractivity contribution in [2.24, 2.45) is 0 Å². The van der Waals surface area contributed by atoms with Gasteiger partial charge in [-0.05, 0) is 23.8 Å². The van der Waals surface area contributed by atoms with Gasteiger partial charge in [0.15, 0.2) is 0 Å². The average molecular weight is 250 g/mol. The van der Waals surface area contributed by atoms with Gasteiger partial charge in [0, 0.05) is 0 Å². The minimum atomic E-state index is -0.496. The SMILES string of the molecule is COC(=O)[C@H](Cc1ccccc1)NCl.Cl. The summed E-state index contributed by atoms with van der Waals surface area (Å²) in [5.74, 6) is -0.358. The third-order valence-corrected chi connectivity index (χ3v) is 2.16. The summed E-state index contributed by atoms with van der Waals surface area (Å²) in [5.41, 5.74) is 1.04. The molecule has 84 valence electrons. The smallest absolute Gasteiger partial charge is 0.324 e. The maximum absolute atomic E-state index is 11.2. The molecule has 0 saturated carbocycles. The van der Waals surface area contributed by atoms with E-state index >= 15 is 0 Å². The Morgan fingerprint density at radius 3 is 2.53 bits per heavy atom. The zero-order valence-electron chi connectivity index (χ0n) is 8.27. The van der Waals surface area contributed by atoms with Crippen LogP contribution in [0.3, 0.4) is 0 Å². The molecule has 0 radical (unpaired) electrons. The summed E-state index contributed by atoms with van der Waals surface area (Å²) in [7, 11) is 1.34. The van der Waals surface area contributed by atoms with Gasteiger partial charge in [-0.15, -0.1) is 12.4 Å². The van der Waals surface area contributed by atoms with Crippen molar-refractivity contribution >= 4 is 30.2 Å². The number of nitrogens with one attached hydrogen (secondary N) is 1. The molecule has 5 heteroatoms. The fourth-order valence-electron chi connectivity index (χ4n) is 1.16. The fourth-order valence-corrected chi connectivity index (χ4v) is 1.32. The molecular formula is C10H13Cl2NO2. The van der Waals surface area contributed by atoms with E-state index in [0.717, 1.165) is 5.56 Å². The minimum Gasteiger partial charge on any atom is -0.468 e. The molecule has 0 aliphatic rings. The molecule has 1 aromatic rings. The van der Waals surface area contributed by atoms with E-state index in [0.29, 0.717) is 6.42 Å². The molecule has 1 atom stereocenters. The lowest BCUT2D eigenvalue weighted by atomic mass is 10.1. The Labute approximate surface area is 100 Å². The summed E-state index contributed by atoms with van der Waals surface area (Å²) in [4.78, 5) is 13.6. The highest BCUT2D eigenvalue weighted by molar-refractivity contribution is 6.14. The Kier molecular flexibility index (Phi) is 7.13. The number of halogens is 2. The first-order valence-corrected chi connectivity index (χ1v) is 4.63. The lowest BCUT2D eigenvalue weighted by Crippen LogP contribution is -2.33. The minimum absolute atomic E-state index is 0. The molecule has 0 heterocycles. The highest BCUT2D eigenvalue weighted by atomic mass is 35.5. The normalized spacial score (nSPS) is 11.3. The summed E-state index contributed by atoms with van der Waals surface area (Å²) in [6.07, 6.45) is 0.525. The van der Waals surface area contributed by atoms with Crippen LogP contribution in [0.2, 0.25) is 0 Å². The molecule has 0 spiro atoms. The van der Waals surface area contributed by atoms with E-state index in [9.17, 15) is 4.79 Å². The highest BCUT2D eigenvalue weighted by Gasteiger charge is 2.17. The zero-order chi connectivity index (χ0) is 10.4. The van der Waals surface area contributed by atoms with Crippen LogP contribution in [0, 0.1) is 0 Å². The van der Waals surface area contributed by atoms with Crippen LogP contribution in [0.1, 0.15) is 5.56 Å². The molecule has 0 aromatic heterocycles. The van der Waals surface area contributed by atoms with Crippen LogP contribution >= 0.6 is 24.2 Å². The third-order valence-electron chi connectivity index (χ3n) is 1.90. The second kappa shape index (κ2) is 7.51. The third kappa shape index (κ3) is 4.51. The van der Waals surface area contributed by atoms with Gasteiger partial charge in [-0.25, -0.2) is 4.84 Å². The van der Waals surface area contributed by atoms with E-state index in [4.69, 9.17) is 11.8 Å². The van der Waals surface area contributed by atoms with Gasteiger partial charge in [0.05, 0.1) is 7.11 Å². The van der Waals surface area contributed by atoms with Crippen LogP contribution < -0.4 is 4.84 Å². The van der Waals surface area contributed by atoms with E-state index in [2.05, 4.69) is 9.57 Å². The van der Waals surface area contributed by atoms with Gasteiger partial charge in [-0.3, -0.25) is 4.79 Å². The van der Waals surface area contributed by atoms with Gasteiger partial charge in [-0.1, -0.05) is 30.3 Å².